The minimum atomic E-state index is 0. The number of piperidine rings is 1. The zero-order chi connectivity index (χ0) is 16.1. The van der Waals surface area contributed by atoms with E-state index in [2.05, 4.69) is 27.2 Å². The van der Waals surface area contributed by atoms with Crippen molar-refractivity contribution in [3.05, 3.63) is 41.5 Å². The molecule has 0 bridgehead atoms. The van der Waals surface area contributed by atoms with Crippen molar-refractivity contribution in [1.82, 2.24) is 15.0 Å². The normalized spacial score (nSPS) is 15.9. The number of nitrogens with zero attached hydrogens (tertiary/aromatic N) is 3. The van der Waals surface area contributed by atoms with E-state index in [4.69, 9.17) is 15.0 Å². The average molecular weight is 353 g/mol. The van der Waals surface area contributed by atoms with Gasteiger partial charge in [-0.3, -0.25) is 4.90 Å². The molecule has 7 heteroatoms. The smallest absolute Gasteiger partial charge is 0.240 e. The Labute approximate surface area is 148 Å². The molecule has 0 radical (unpaired) electrons. The number of rotatable bonds is 6. The van der Waals surface area contributed by atoms with Crippen LogP contribution in [0.3, 0.4) is 0 Å². The standard InChI is InChI=1S/C17H24N4O2.ClH/c1-22-15-4-2-13(3-5-15)10-14-6-8-21(9-7-14)12-16-19-17(11-18)23-20-16;/h2-5,14H,6-12,18H2,1H3;1H. The molecular formula is C17H25ClN4O2. The summed E-state index contributed by atoms with van der Waals surface area (Å²) in [7, 11) is 1.70. The van der Waals surface area contributed by atoms with Crippen molar-refractivity contribution >= 4 is 12.4 Å². The van der Waals surface area contributed by atoms with Gasteiger partial charge in [0.2, 0.25) is 5.89 Å². The Bertz CT molecular complexity index is 609. The lowest BCUT2D eigenvalue weighted by atomic mass is 9.90. The Kier molecular flexibility index (Phi) is 7.02. The molecule has 2 heterocycles. The van der Waals surface area contributed by atoms with Gasteiger partial charge in [-0.2, -0.15) is 4.98 Å². The molecule has 0 unspecified atom stereocenters. The fourth-order valence-corrected chi connectivity index (χ4v) is 3.08. The molecule has 132 valence electrons. The van der Waals surface area contributed by atoms with Gasteiger partial charge in [0.05, 0.1) is 20.2 Å². The second-order valence-electron chi connectivity index (χ2n) is 6.08. The van der Waals surface area contributed by atoms with Crippen LogP contribution in [0.4, 0.5) is 0 Å². The second-order valence-corrected chi connectivity index (χ2v) is 6.08. The number of ether oxygens (including phenoxy) is 1. The number of nitrogens with two attached hydrogens (primary N) is 1. The van der Waals surface area contributed by atoms with Crippen molar-refractivity contribution in [1.29, 1.82) is 0 Å². The van der Waals surface area contributed by atoms with E-state index in [-0.39, 0.29) is 12.4 Å². The van der Waals surface area contributed by atoms with E-state index in [0.29, 0.717) is 12.4 Å². The molecule has 0 aliphatic carbocycles. The Balaban J connectivity index is 0.00000208. The van der Waals surface area contributed by atoms with Gasteiger partial charge in [-0.1, -0.05) is 17.3 Å². The molecule has 0 spiro atoms. The summed E-state index contributed by atoms with van der Waals surface area (Å²) in [6.45, 7) is 3.20. The Morgan fingerprint density at radius 3 is 2.54 bits per heavy atom. The molecule has 1 aromatic heterocycles. The molecule has 24 heavy (non-hydrogen) atoms. The highest BCUT2D eigenvalue weighted by Crippen LogP contribution is 2.23. The van der Waals surface area contributed by atoms with E-state index in [9.17, 15) is 0 Å². The largest absolute Gasteiger partial charge is 0.497 e. The molecular weight excluding hydrogens is 328 g/mol. The van der Waals surface area contributed by atoms with Gasteiger partial charge in [-0.25, -0.2) is 0 Å². The van der Waals surface area contributed by atoms with Crippen LogP contribution in [0.25, 0.3) is 0 Å². The van der Waals surface area contributed by atoms with Gasteiger partial charge in [0.15, 0.2) is 5.82 Å². The summed E-state index contributed by atoms with van der Waals surface area (Å²) in [6, 6.07) is 8.41. The van der Waals surface area contributed by atoms with Crippen molar-refractivity contribution in [2.75, 3.05) is 20.2 Å². The van der Waals surface area contributed by atoms with Gasteiger partial charge in [0, 0.05) is 0 Å². The minimum absolute atomic E-state index is 0. The quantitative estimate of drug-likeness (QED) is 0.860. The summed E-state index contributed by atoms with van der Waals surface area (Å²) in [5, 5.41) is 3.96. The lowest BCUT2D eigenvalue weighted by Crippen LogP contribution is -2.34. The molecule has 0 atom stereocenters. The fraction of sp³-hybridized carbons (Fsp3) is 0.529. The van der Waals surface area contributed by atoms with Crippen LogP contribution in [0.5, 0.6) is 5.75 Å². The number of benzene rings is 1. The third-order valence-electron chi connectivity index (χ3n) is 4.44. The van der Waals surface area contributed by atoms with Crippen molar-refractivity contribution in [2.45, 2.75) is 32.4 Å². The predicted octanol–water partition coefficient (Wildman–Crippen LogP) is 2.41. The van der Waals surface area contributed by atoms with Crippen molar-refractivity contribution in [3.8, 4) is 5.75 Å². The molecule has 1 saturated heterocycles. The summed E-state index contributed by atoms with van der Waals surface area (Å²) < 4.78 is 10.3. The highest BCUT2D eigenvalue weighted by atomic mass is 35.5. The van der Waals surface area contributed by atoms with Crippen molar-refractivity contribution in [2.24, 2.45) is 11.7 Å². The lowest BCUT2D eigenvalue weighted by molar-refractivity contribution is 0.172. The molecule has 6 nitrogen and oxygen atoms in total. The average Bonchev–Trinajstić information content (AvgIpc) is 3.05. The first kappa shape index (κ1) is 18.7. The van der Waals surface area contributed by atoms with Crippen LogP contribution in [-0.2, 0) is 19.5 Å². The van der Waals surface area contributed by atoms with Gasteiger partial charge in [0.25, 0.3) is 0 Å². The van der Waals surface area contributed by atoms with Crippen LogP contribution >= 0.6 is 12.4 Å². The van der Waals surface area contributed by atoms with Gasteiger partial charge < -0.3 is 15.0 Å². The van der Waals surface area contributed by atoms with Crippen molar-refractivity contribution in [3.63, 3.8) is 0 Å². The minimum Gasteiger partial charge on any atom is -0.497 e. The van der Waals surface area contributed by atoms with Gasteiger partial charge in [-0.15, -0.1) is 12.4 Å². The van der Waals surface area contributed by atoms with Gasteiger partial charge >= 0.3 is 0 Å². The topological polar surface area (TPSA) is 77.4 Å². The SMILES string of the molecule is COc1ccc(CC2CCN(Cc3noc(CN)n3)CC2)cc1.Cl. The van der Waals surface area contributed by atoms with Crippen LogP contribution < -0.4 is 10.5 Å². The molecule has 2 N–H and O–H groups in total. The molecule has 0 amide bonds. The van der Waals surface area contributed by atoms with E-state index in [0.717, 1.165) is 43.5 Å². The molecule has 3 rings (SSSR count). The number of likely N-dealkylation sites (tertiary alicyclic amines) is 1. The summed E-state index contributed by atoms with van der Waals surface area (Å²) in [5.74, 6) is 2.90. The van der Waals surface area contributed by atoms with Gasteiger partial charge in [0.1, 0.15) is 5.75 Å². The fourth-order valence-electron chi connectivity index (χ4n) is 3.08. The van der Waals surface area contributed by atoms with E-state index >= 15 is 0 Å². The predicted molar refractivity (Wildman–Crippen MR) is 94.1 cm³/mol. The van der Waals surface area contributed by atoms with Crippen LogP contribution in [0, 0.1) is 5.92 Å². The van der Waals surface area contributed by atoms with Crippen LogP contribution in [0.2, 0.25) is 0 Å². The molecule has 2 aromatic rings. The number of aromatic nitrogens is 2. The maximum Gasteiger partial charge on any atom is 0.240 e. The third kappa shape index (κ3) is 4.93. The zero-order valence-corrected chi connectivity index (χ0v) is 14.8. The summed E-state index contributed by atoms with van der Waals surface area (Å²) in [5.41, 5.74) is 6.87. The van der Waals surface area contributed by atoms with Crippen LogP contribution in [0.1, 0.15) is 30.1 Å². The summed E-state index contributed by atoms with van der Waals surface area (Å²) >= 11 is 0. The highest BCUT2D eigenvalue weighted by Gasteiger charge is 2.21. The monoisotopic (exact) mass is 352 g/mol. The highest BCUT2D eigenvalue weighted by molar-refractivity contribution is 5.85. The first-order valence-corrected chi connectivity index (χ1v) is 8.13. The maximum absolute atomic E-state index is 5.49. The van der Waals surface area contributed by atoms with Gasteiger partial charge in [-0.05, 0) is 56.0 Å². The van der Waals surface area contributed by atoms with Crippen molar-refractivity contribution < 1.29 is 9.26 Å². The van der Waals surface area contributed by atoms with E-state index < -0.39 is 0 Å². The van der Waals surface area contributed by atoms with E-state index in [1.54, 1.807) is 7.11 Å². The third-order valence-corrected chi connectivity index (χ3v) is 4.44. The molecule has 1 aliphatic heterocycles. The summed E-state index contributed by atoms with van der Waals surface area (Å²) in [6.07, 6.45) is 3.54. The maximum atomic E-state index is 5.49. The number of hydrogen-bond donors (Lipinski definition) is 1. The number of hydrogen-bond acceptors (Lipinski definition) is 6. The zero-order valence-electron chi connectivity index (χ0n) is 14.0. The number of methoxy groups -OCH3 is 1. The molecule has 1 aliphatic rings. The lowest BCUT2D eigenvalue weighted by Gasteiger charge is -2.31. The molecule has 1 fully saturated rings. The van der Waals surface area contributed by atoms with Crippen LogP contribution in [-0.4, -0.2) is 35.2 Å². The van der Waals surface area contributed by atoms with Crippen LogP contribution in [0.15, 0.2) is 28.8 Å². The van der Waals surface area contributed by atoms with E-state index in [1.165, 1.54) is 18.4 Å². The first-order valence-electron chi connectivity index (χ1n) is 8.13. The second kappa shape index (κ2) is 9.01. The molecule has 1 aromatic carbocycles. The Hall–Kier alpha value is -1.63. The molecule has 0 saturated carbocycles. The summed E-state index contributed by atoms with van der Waals surface area (Å²) in [4.78, 5) is 6.65. The Morgan fingerprint density at radius 2 is 1.96 bits per heavy atom. The number of halogens is 1. The van der Waals surface area contributed by atoms with E-state index in [1.807, 2.05) is 12.1 Å². The Morgan fingerprint density at radius 1 is 1.25 bits per heavy atom. The first-order chi connectivity index (χ1) is 11.3.